The van der Waals surface area contributed by atoms with E-state index in [0.717, 1.165) is 202 Å². The lowest BCUT2D eigenvalue weighted by molar-refractivity contribution is 0.102. The summed E-state index contributed by atoms with van der Waals surface area (Å²) in [6.45, 7) is 0. The normalized spacial score (nSPS) is 12.3. The van der Waals surface area contributed by atoms with Crippen molar-refractivity contribution in [3.05, 3.63) is 312 Å². The van der Waals surface area contributed by atoms with Gasteiger partial charge in [-0.2, -0.15) is 0 Å². The van der Waals surface area contributed by atoms with Crippen LogP contribution in [0.5, 0.6) is 17.2 Å². The van der Waals surface area contributed by atoms with Crippen molar-refractivity contribution < 1.29 is 19.0 Å². The van der Waals surface area contributed by atoms with Gasteiger partial charge in [-0.25, -0.2) is 9.97 Å². The van der Waals surface area contributed by atoms with Crippen LogP contribution in [0.15, 0.2) is 261 Å². The lowest BCUT2D eigenvalue weighted by Crippen LogP contribution is -2.11. The largest absolute Gasteiger partial charge is 0.497 e. The Morgan fingerprint density at radius 3 is 0.800 bits per heavy atom. The summed E-state index contributed by atoms with van der Waals surface area (Å²) < 4.78 is 16.9. The number of methoxy groups -OCH3 is 3. The minimum atomic E-state index is -0.245. The number of aryl methyl sites for hydroxylation is 4. The van der Waals surface area contributed by atoms with Crippen LogP contribution in [0.25, 0.3) is 157 Å². The van der Waals surface area contributed by atoms with Crippen molar-refractivity contribution in [2.45, 2.75) is 25.7 Å². The highest BCUT2D eigenvalue weighted by Crippen LogP contribution is 2.43. The van der Waals surface area contributed by atoms with Crippen LogP contribution in [0.3, 0.4) is 0 Å². The number of anilines is 1. The Bertz CT molecular complexity index is 6150. The van der Waals surface area contributed by atoms with E-state index in [2.05, 4.69) is 213 Å². The van der Waals surface area contributed by atoms with Crippen LogP contribution < -0.4 is 19.5 Å². The second-order valence-electron chi connectivity index (χ2n) is 26.5. The van der Waals surface area contributed by atoms with Crippen LogP contribution in [-0.4, -0.2) is 67.1 Å². The van der Waals surface area contributed by atoms with E-state index in [1.54, 1.807) is 21.3 Å². The van der Waals surface area contributed by atoms with Crippen molar-refractivity contribution in [1.29, 1.82) is 0 Å². The molecular formula is C92H69N9O4. The Morgan fingerprint density at radius 1 is 0.276 bits per heavy atom. The Morgan fingerprint density at radius 2 is 0.514 bits per heavy atom. The van der Waals surface area contributed by atoms with E-state index in [-0.39, 0.29) is 5.91 Å². The fourth-order valence-electron chi connectivity index (χ4n) is 15.2. The number of hydrogen-bond acceptors (Lipinski definition) is 8. The Labute approximate surface area is 606 Å². The molecule has 4 aliphatic rings. The lowest BCUT2D eigenvalue weighted by Gasteiger charge is -2.10. The molecule has 4 aliphatic heterocycles. The molecule has 0 aliphatic carbocycles. The first-order valence-corrected chi connectivity index (χ1v) is 35.3. The van der Waals surface area contributed by atoms with Crippen molar-refractivity contribution in [2.24, 2.45) is 0 Å². The van der Waals surface area contributed by atoms with Crippen LogP contribution in [0.1, 0.15) is 55.9 Å². The highest BCUT2D eigenvalue weighted by Gasteiger charge is 2.25. The smallest absolute Gasteiger partial charge is 0.255 e. The van der Waals surface area contributed by atoms with Crippen LogP contribution in [-0.2, 0) is 25.7 Å². The van der Waals surface area contributed by atoms with Gasteiger partial charge < -0.3 is 39.5 Å². The zero-order valence-electron chi connectivity index (χ0n) is 57.9. The molecular weight excluding hydrogens is 1300 g/mol. The van der Waals surface area contributed by atoms with Gasteiger partial charge in [-0.05, 0) is 204 Å². The molecule has 0 radical (unpaired) electrons. The van der Waals surface area contributed by atoms with Crippen molar-refractivity contribution in [3.63, 3.8) is 0 Å². The number of hydrogen-bond donors (Lipinski definition) is 5. The van der Waals surface area contributed by atoms with Gasteiger partial charge in [0, 0.05) is 99.9 Å². The van der Waals surface area contributed by atoms with Gasteiger partial charge in [0.15, 0.2) is 0 Å². The summed E-state index contributed by atoms with van der Waals surface area (Å²) in [6, 6.07) is 89.1. The van der Waals surface area contributed by atoms with E-state index in [1.807, 2.05) is 97.1 Å². The van der Waals surface area contributed by atoms with Gasteiger partial charge in [0.1, 0.15) is 17.2 Å². The number of nitrogens with zero attached hydrogens (tertiary/aromatic N) is 4. The fraction of sp³-hybridized carbons (Fsp3) is 0.0761. The first-order valence-electron chi connectivity index (χ1n) is 35.3. The van der Waals surface area contributed by atoms with Gasteiger partial charge in [0.25, 0.3) is 5.91 Å². The number of aromatic nitrogens is 8. The summed E-state index contributed by atoms with van der Waals surface area (Å²) in [5, 5.41) is 3.24. The zero-order valence-corrected chi connectivity index (χ0v) is 57.9. The molecule has 18 rings (SSSR count). The maximum Gasteiger partial charge on any atom is 0.255 e. The topological polar surface area (TPSA) is 172 Å². The van der Waals surface area contributed by atoms with Gasteiger partial charge in [-0.3, -0.25) is 14.8 Å². The quantitative estimate of drug-likeness (QED) is 0.0759. The molecule has 13 nitrogen and oxygen atoms in total. The molecule has 0 atom stereocenters. The van der Waals surface area contributed by atoms with Crippen molar-refractivity contribution in [2.75, 3.05) is 26.6 Å². The molecule has 5 N–H and O–H groups in total. The second-order valence-corrected chi connectivity index (χ2v) is 26.5. The van der Waals surface area contributed by atoms with Crippen LogP contribution in [0, 0.1) is 0 Å². The first-order chi connectivity index (χ1) is 51.8. The SMILES string of the molecule is COc1ccc(-c2c3nc(c(-c4ccc(NC(=O)c5ccc(-c6c7nc(c(-c8ccccc8)c8ccc([nH]8)c(-c8ccccc8)c8nc(c(-c9ccccc9)c9ccc6[nH]9)C=C8)CC7)cc5)cc4)c4ccc([nH]4)c(-c4ccc(OC)cc4)c4nc(c(-c5ccc(OC)cc5)c5ccc2[nH]5)CC4)C=C3)cc1. The first kappa shape index (κ1) is 63.5. The van der Waals surface area contributed by atoms with Crippen molar-refractivity contribution in [1.82, 2.24) is 39.9 Å². The third-order valence-electron chi connectivity index (χ3n) is 20.3. The fourth-order valence-corrected chi connectivity index (χ4v) is 15.2. The van der Waals surface area contributed by atoms with Crippen LogP contribution in [0.2, 0.25) is 0 Å². The number of amides is 1. The highest BCUT2D eigenvalue weighted by atomic mass is 16.5. The van der Waals surface area contributed by atoms with Crippen LogP contribution in [0.4, 0.5) is 5.69 Å². The van der Waals surface area contributed by atoms with Crippen molar-refractivity contribution >= 4 is 80.0 Å². The summed E-state index contributed by atoms with van der Waals surface area (Å²) in [4.78, 5) is 52.4. The molecule has 1 amide bonds. The predicted octanol–water partition coefficient (Wildman–Crippen LogP) is 21.5. The van der Waals surface area contributed by atoms with E-state index in [0.29, 0.717) is 30.5 Å². The van der Waals surface area contributed by atoms with Gasteiger partial charge >= 0.3 is 0 Å². The zero-order chi connectivity index (χ0) is 70.5. The van der Waals surface area contributed by atoms with Crippen molar-refractivity contribution in [3.8, 4) is 106 Å². The van der Waals surface area contributed by atoms with Gasteiger partial charge in [0.2, 0.25) is 0 Å². The number of ether oxygens (including phenoxy) is 3. The number of aromatic amines is 4. The molecule has 13 heteroatoms. The molecule has 105 heavy (non-hydrogen) atoms. The predicted molar refractivity (Wildman–Crippen MR) is 426 cm³/mol. The minimum absolute atomic E-state index is 0.245. The maximum atomic E-state index is 14.7. The minimum Gasteiger partial charge on any atom is -0.497 e. The third kappa shape index (κ3) is 12.0. The number of fused-ring (bicyclic) bond motifs is 16. The van der Waals surface area contributed by atoms with Gasteiger partial charge in [-0.1, -0.05) is 152 Å². The molecule has 0 saturated heterocycles. The van der Waals surface area contributed by atoms with Gasteiger partial charge in [0.05, 0.1) is 66.9 Å². The highest BCUT2D eigenvalue weighted by molar-refractivity contribution is 6.06. The standard InChI is InChI=1S/C92H69N9O4/c1-103-65-33-25-60(26-34-65)89-78-49-47-76(98-78)88(77-48-50-79(99-77)90(61-27-35-66(104-2)36-28-61)81-52-54-83(101-81)91(82-53-51-80(89)100-82)62-29-37-67(105-3)38-30-62)59-23-31-64(32-24-59)93-92(102)63-21-19-58(20-22-63)87-74-45-43-72(96-74)85(56-15-9-5-10-16-56)70-41-39-68(94-70)84(55-13-7-4-8-14-55)69-40-42-71(95-69)86(57-17-11-6-12-18-57)73-44-46-75(87)97-73/h4-43,45,47-51,53,95-96,99-100H,44,46,52,54H2,1-3H3,(H,93,102). The van der Waals surface area contributed by atoms with E-state index >= 15 is 0 Å². The lowest BCUT2D eigenvalue weighted by atomic mass is 9.99. The van der Waals surface area contributed by atoms with E-state index in [1.165, 1.54) is 0 Å². The molecule has 0 spiro atoms. The molecule has 10 heterocycles. The number of carbonyl (C=O) groups excluding carboxylic acids is 1. The molecule has 14 aromatic rings. The van der Waals surface area contributed by atoms with E-state index in [4.69, 9.17) is 34.1 Å². The third-order valence-corrected chi connectivity index (χ3v) is 20.3. The number of H-pyrrole nitrogens is 4. The molecule has 0 unspecified atom stereocenters. The number of rotatable bonds is 13. The maximum absolute atomic E-state index is 14.7. The summed E-state index contributed by atoms with van der Waals surface area (Å²) in [5.41, 5.74) is 31.3. The summed E-state index contributed by atoms with van der Waals surface area (Å²) in [7, 11) is 5.05. The number of carbonyl (C=O) groups is 1. The van der Waals surface area contributed by atoms with E-state index < -0.39 is 0 Å². The molecule has 8 aromatic carbocycles. The monoisotopic (exact) mass is 1360 g/mol. The number of benzene rings is 8. The number of nitrogens with one attached hydrogen (secondary N) is 5. The average molecular weight is 1360 g/mol. The molecule has 16 bridgehead atoms. The summed E-state index contributed by atoms with van der Waals surface area (Å²) in [6.07, 6.45) is 11.3. The average Bonchev–Trinajstić information content (AvgIpc) is 1.62. The summed E-state index contributed by atoms with van der Waals surface area (Å²) in [5.74, 6) is 2.04. The Balaban J connectivity index is 0.748. The second kappa shape index (κ2) is 27.0. The Kier molecular flexibility index (Phi) is 16.4. The molecule has 0 fully saturated rings. The molecule has 506 valence electrons. The van der Waals surface area contributed by atoms with Crippen LogP contribution >= 0.6 is 0 Å². The van der Waals surface area contributed by atoms with Gasteiger partial charge in [-0.15, -0.1) is 0 Å². The summed E-state index contributed by atoms with van der Waals surface area (Å²) >= 11 is 0. The Hall–Kier alpha value is -13.7. The van der Waals surface area contributed by atoms with E-state index in [9.17, 15) is 4.79 Å². The molecule has 6 aromatic heterocycles. The molecule has 0 saturated carbocycles.